The van der Waals surface area contributed by atoms with E-state index in [9.17, 15) is 14.7 Å². The zero-order chi connectivity index (χ0) is 21.1. The lowest BCUT2D eigenvalue weighted by atomic mass is 10.2. The Hall–Kier alpha value is -2.29. The number of thioether (sulfide) groups is 1. The molecule has 0 saturated heterocycles. The molecule has 29 heavy (non-hydrogen) atoms. The van der Waals surface area contributed by atoms with Crippen molar-refractivity contribution >= 4 is 50.0 Å². The molecule has 0 fully saturated rings. The van der Waals surface area contributed by atoms with E-state index in [4.69, 9.17) is 11.6 Å². The molecule has 1 N–H and O–H groups in total. The number of aromatic nitrogens is 2. The standard InChI is InChI=1S/C20H17BrClN3O3S/c1-24-18(26)16(19(27)25(2)20(24)28)17(23-15-9-7-14(22)8-10-15)29-11-12-3-5-13(21)6-4-12/h3-10,26H,11H2,1-2H3. The third-order valence-corrected chi connectivity index (χ3v) is 6.02. The fraction of sp³-hybridized carbons (Fsp3) is 0.150. The van der Waals surface area contributed by atoms with Gasteiger partial charge >= 0.3 is 5.69 Å². The van der Waals surface area contributed by atoms with Crippen molar-refractivity contribution < 1.29 is 5.11 Å². The molecule has 2 aromatic carbocycles. The molecule has 3 aromatic rings. The molecule has 3 rings (SSSR count). The van der Waals surface area contributed by atoms with Crippen LogP contribution in [0.1, 0.15) is 11.1 Å². The van der Waals surface area contributed by atoms with Crippen LogP contribution in [0.5, 0.6) is 5.88 Å². The lowest BCUT2D eigenvalue weighted by molar-refractivity contribution is 0.410. The van der Waals surface area contributed by atoms with Crippen LogP contribution in [0, 0.1) is 0 Å². The molecule has 9 heteroatoms. The molecule has 0 aliphatic heterocycles. The van der Waals surface area contributed by atoms with E-state index in [2.05, 4.69) is 20.9 Å². The fourth-order valence-corrected chi connectivity index (χ4v) is 3.93. The predicted octanol–water partition coefficient (Wildman–Crippen LogP) is 4.22. The van der Waals surface area contributed by atoms with Crippen molar-refractivity contribution in [1.29, 1.82) is 0 Å². The highest BCUT2D eigenvalue weighted by Gasteiger charge is 2.21. The summed E-state index contributed by atoms with van der Waals surface area (Å²) in [5, 5.41) is 11.4. The van der Waals surface area contributed by atoms with E-state index in [-0.39, 0.29) is 5.56 Å². The number of hydrogen-bond acceptors (Lipinski definition) is 5. The van der Waals surface area contributed by atoms with Crippen molar-refractivity contribution in [2.45, 2.75) is 5.75 Å². The normalized spacial score (nSPS) is 11.7. The predicted molar refractivity (Wildman–Crippen MR) is 122 cm³/mol. The van der Waals surface area contributed by atoms with Gasteiger partial charge in [0.1, 0.15) is 10.6 Å². The van der Waals surface area contributed by atoms with Crippen LogP contribution >= 0.6 is 39.3 Å². The van der Waals surface area contributed by atoms with E-state index in [0.29, 0.717) is 21.5 Å². The fourth-order valence-electron chi connectivity index (χ4n) is 2.55. The molecule has 150 valence electrons. The minimum atomic E-state index is -0.611. The molecule has 0 unspecified atom stereocenters. The Morgan fingerprint density at radius 1 is 1.07 bits per heavy atom. The second kappa shape index (κ2) is 9.02. The first-order chi connectivity index (χ1) is 13.8. The van der Waals surface area contributed by atoms with Gasteiger partial charge in [-0.3, -0.25) is 13.9 Å². The van der Waals surface area contributed by atoms with Crippen molar-refractivity contribution in [3.8, 4) is 5.88 Å². The van der Waals surface area contributed by atoms with Gasteiger partial charge in [0.05, 0.1) is 5.69 Å². The molecule has 0 aliphatic rings. The highest BCUT2D eigenvalue weighted by molar-refractivity contribution is 9.10. The molecule has 0 aliphatic carbocycles. The van der Waals surface area contributed by atoms with Crippen molar-refractivity contribution in [2.75, 3.05) is 0 Å². The first kappa shape index (κ1) is 21.4. The largest absolute Gasteiger partial charge is 0.494 e. The second-order valence-electron chi connectivity index (χ2n) is 6.21. The van der Waals surface area contributed by atoms with E-state index >= 15 is 0 Å². The van der Waals surface area contributed by atoms with Crippen LogP contribution in [0.3, 0.4) is 0 Å². The van der Waals surface area contributed by atoms with Gasteiger partial charge in [-0.25, -0.2) is 9.79 Å². The maximum absolute atomic E-state index is 12.8. The highest BCUT2D eigenvalue weighted by Crippen LogP contribution is 2.26. The van der Waals surface area contributed by atoms with Gasteiger partial charge in [-0.05, 0) is 42.0 Å². The summed E-state index contributed by atoms with van der Waals surface area (Å²) >= 11 is 10.6. The van der Waals surface area contributed by atoms with E-state index in [1.54, 1.807) is 24.3 Å². The molecule has 6 nitrogen and oxygen atoms in total. The molecule has 0 atom stereocenters. The maximum atomic E-state index is 12.8. The number of halogens is 2. The summed E-state index contributed by atoms with van der Waals surface area (Å²) in [5.41, 5.74) is 0.347. The average Bonchev–Trinajstić information content (AvgIpc) is 2.71. The maximum Gasteiger partial charge on any atom is 0.333 e. The minimum absolute atomic E-state index is 0.0216. The Kier molecular flexibility index (Phi) is 6.66. The first-order valence-corrected chi connectivity index (χ1v) is 10.6. The molecule has 0 saturated carbocycles. The van der Waals surface area contributed by atoms with E-state index < -0.39 is 17.1 Å². The lowest BCUT2D eigenvalue weighted by Gasteiger charge is -2.12. The van der Waals surface area contributed by atoms with Gasteiger partial charge in [0.25, 0.3) is 5.56 Å². The number of aliphatic imine (C=N–C) groups is 1. The lowest BCUT2D eigenvalue weighted by Crippen LogP contribution is -2.39. The summed E-state index contributed by atoms with van der Waals surface area (Å²) in [6.45, 7) is 0. The molecular weight excluding hydrogens is 478 g/mol. The zero-order valence-electron chi connectivity index (χ0n) is 15.6. The Balaban J connectivity index is 2.10. The van der Waals surface area contributed by atoms with Gasteiger partial charge in [0, 0.05) is 29.3 Å². The summed E-state index contributed by atoms with van der Waals surface area (Å²) in [5.74, 6) is 0.0969. The molecular formula is C20H17BrClN3O3S. The van der Waals surface area contributed by atoms with E-state index in [1.807, 2.05) is 24.3 Å². The third kappa shape index (κ3) is 4.83. The summed E-state index contributed by atoms with van der Waals surface area (Å²) < 4.78 is 2.94. The Morgan fingerprint density at radius 3 is 2.31 bits per heavy atom. The number of rotatable bonds is 4. The molecule has 1 aromatic heterocycles. The Bertz CT molecular complexity index is 1190. The van der Waals surface area contributed by atoms with Crippen LogP contribution in [0.2, 0.25) is 5.02 Å². The highest BCUT2D eigenvalue weighted by atomic mass is 79.9. The van der Waals surface area contributed by atoms with Gasteiger partial charge < -0.3 is 5.11 Å². The average molecular weight is 495 g/mol. The van der Waals surface area contributed by atoms with Gasteiger partial charge in [-0.2, -0.15) is 0 Å². The summed E-state index contributed by atoms with van der Waals surface area (Å²) in [4.78, 5) is 29.4. The third-order valence-electron chi connectivity index (χ3n) is 4.19. The van der Waals surface area contributed by atoms with Crippen LogP contribution in [0.4, 0.5) is 5.69 Å². The number of nitrogens with zero attached hydrogens (tertiary/aromatic N) is 3. The summed E-state index contributed by atoms with van der Waals surface area (Å²) in [6.07, 6.45) is 0. The quantitative estimate of drug-likeness (QED) is 0.435. The second-order valence-corrected chi connectivity index (χ2v) is 8.53. The molecule has 0 bridgehead atoms. The van der Waals surface area contributed by atoms with Crippen LogP contribution in [0.15, 0.2) is 67.6 Å². The van der Waals surface area contributed by atoms with Gasteiger partial charge in [0.15, 0.2) is 0 Å². The van der Waals surface area contributed by atoms with Gasteiger partial charge in [0.2, 0.25) is 5.88 Å². The molecule has 0 amide bonds. The summed E-state index contributed by atoms with van der Waals surface area (Å²) in [6, 6.07) is 14.6. The monoisotopic (exact) mass is 493 g/mol. The smallest absolute Gasteiger partial charge is 0.333 e. The van der Waals surface area contributed by atoms with Crippen molar-refractivity contribution in [3.05, 3.63) is 90.0 Å². The van der Waals surface area contributed by atoms with Crippen LogP contribution in [-0.2, 0) is 19.8 Å². The Labute approximate surface area is 184 Å². The summed E-state index contributed by atoms with van der Waals surface area (Å²) in [7, 11) is 2.77. The van der Waals surface area contributed by atoms with Crippen molar-refractivity contribution in [3.63, 3.8) is 0 Å². The number of aromatic hydroxyl groups is 1. The van der Waals surface area contributed by atoms with E-state index in [0.717, 1.165) is 19.2 Å². The first-order valence-electron chi connectivity index (χ1n) is 8.48. The minimum Gasteiger partial charge on any atom is -0.494 e. The van der Waals surface area contributed by atoms with E-state index in [1.165, 1.54) is 25.9 Å². The topological polar surface area (TPSA) is 76.6 Å². The number of benzene rings is 2. The molecule has 0 spiro atoms. The van der Waals surface area contributed by atoms with Crippen LogP contribution in [-0.4, -0.2) is 19.3 Å². The SMILES string of the molecule is Cn1c(O)c(C(=Nc2ccc(Cl)cc2)SCc2ccc(Br)cc2)c(=O)n(C)c1=O. The molecule has 0 radical (unpaired) electrons. The number of hydrogen-bond donors (Lipinski definition) is 1. The van der Waals surface area contributed by atoms with Crippen LogP contribution in [0.25, 0.3) is 0 Å². The van der Waals surface area contributed by atoms with Crippen LogP contribution < -0.4 is 11.2 Å². The van der Waals surface area contributed by atoms with Crippen molar-refractivity contribution in [2.24, 2.45) is 19.1 Å². The van der Waals surface area contributed by atoms with Gasteiger partial charge in [-0.1, -0.05) is 39.7 Å². The molecule has 1 heterocycles. The Morgan fingerprint density at radius 2 is 1.69 bits per heavy atom. The van der Waals surface area contributed by atoms with Crippen molar-refractivity contribution in [1.82, 2.24) is 9.13 Å². The zero-order valence-corrected chi connectivity index (χ0v) is 18.8. The van der Waals surface area contributed by atoms with Gasteiger partial charge in [-0.15, -0.1) is 11.8 Å².